The van der Waals surface area contributed by atoms with Crippen molar-refractivity contribution in [2.24, 2.45) is 5.92 Å². The van der Waals surface area contributed by atoms with Crippen molar-refractivity contribution in [3.05, 3.63) is 59.7 Å². The summed E-state index contributed by atoms with van der Waals surface area (Å²) in [5.41, 5.74) is 1.24. The summed E-state index contributed by atoms with van der Waals surface area (Å²) in [6, 6.07) is 11.7. The number of carbonyl (C=O) groups excluding carboxylic acids is 3. The molecule has 0 aliphatic heterocycles. The molecule has 2 atom stereocenters. The Bertz CT molecular complexity index is 1060. The molecule has 0 radical (unpaired) electrons. The van der Waals surface area contributed by atoms with Gasteiger partial charge in [-0.2, -0.15) is 0 Å². The molecular weight excluding hydrogens is 458 g/mol. The quantitative estimate of drug-likeness (QED) is 0.443. The maximum Gasteiger partial charge on any atom is 0.408 e. The number of anilines is 1. The van der Waals surface area contributed by atoms with E-state index in [1.807, 2.05) is 45.9 Å². The number of phenols is 1. The summed E-state index contributed by atoms with van der Waals surface area (Å²) < 4.78 is 5.38. The molecule has 2 unspecified atom stereocenters. The number of alkyl carbamates (subject to hydrolysis) is 1. The Kier molecular flexibility index (Phi) is 9.90. The smallest absolute Gasteiger partial charge is 0.408 e. The molecule has 0 bridgehead atoms. The molecule has 0 saturated carbocycles. The number of hydrogen-bond donors (Lipinski definition) is 3. The number of amides is 3. The molecule has 0 aromatic heterocycles. The van der Waals surface area contributed by atoms with Gasteiger partial charge in [0.2, 0.25) is 5.91 Å². The van der Waals surface area contributed by atoms with Crippen LogP contribution >= 0.6 is 0 Å². The minimum absolute atomic E-state index is 0.0163. The number of aromatic hydroxyl groups is 1. The van der Waals surface area contributed by atoms with Crippen molar-refractivity contribution in [2.45, 2.75) is 72.6 Å². The summed E-state index contributed by atoms with van der Waals surface area (Å²) in [5, 5.41) is 15.8. The number of hydrogen-bond acceptors (Lipinski definition) is 5. The molecule has 0 aliphatic carbocycles. The van der Waals surface area contributed by atoms with E-state index in [2.05, 4.69) is 10.6 Å². The summed E-state index contributed by atoms with van der Waals surface area (Å²) in [6.07, 6.45) is -0.125. The Morgan fingerprint density at radius 1 is 1.06 bits per heavy atom. The van der Waals surface area contributed by atoms with Crippen molar-refractivity contribution in [1.82, 2.24) is 10.2 Å². The number of ether oxygens (including phenoxy) is 1. The van der Waals surface area contributed by atoms with Gasteiger partial charge in [-0.05, 0) is 69.4 Å². The molecule has 0 spiro atoms. The maximum atomic E-state index is 13.9. The average molecular weight is 498 g/mol. The number of nitrogens with one attached hydrogen (secondary N) is 2. The highest BCUT2D eigenvalue weighted by Gasteiger charge is 2.37. The monoisotopic (exact) mass is 497 g/mol. The molecule has 2 rings (SSSR count). The number of para-hydroxylation sites is 1. The van der Waals surface area contributed by atoms with Crippen LogP contribution in [0.3, 0.4) is 0 Å². The molecule has 196 valence electrons. The van der Waals surface area contributed by atoms with E-state index < -0.39 is 35.6 Å². The second-order valence-corrected chi connectivity index (χ2v) is 10.2. The lowest BCUT2D eigenvalue weighted by molar-refractivity contribution is -0.141. The first-order chi connectivity index (χ1) is 16.8. The van der Waals surface area contributed by atoms with Gasteiger partial charge in [0, 0.05) is 12.2 Å². The average Bonchev–Trinajstić information content (AvgIpc) is 2.77. The fourth-order valence-corrected chi connectivity index (χ4v) is 3.82. The van der Waals surface area contributed by atoms with E-state index in [1.165, 1.54) is 17.0 Å². The topological polar surface area (TPSA) is 108 Å². The zero-order chi connectivity index (χ0) is 27.0. The number of aryl methyl sites for hydroxylation is 1. The van der Waals surface area contributed by atoms with Crippen LogP contribution in [-0.2, 0) is 14.3 Å². The van der Waals surface area contributed by atoms with E-state index in [0.717, 1.165) is 5.56 Å². The first kappa shape index (κ1) is 28.7. The fraction of sp³-hybridized carbons (Fsp3) is 0.464. The molecule has 2 aromatic rings. The Balaban J connectivity index is 2.49. The van der Waals surface area contributed by atoms with Gasteiger partial charge >= 0.3 is 6.09 Å². The van der Waals surface area contributed by atoms with Crippen LogP contribution in [-0.4, -0.2) is 46.1 Å². The zero-order valence-corrected chi connectivity index (χ0v) is 22.3. The molecule has 0 fully saturated rings. The van der Waals surface area contributed by atoms with Crippen molar-refractivity contribution in [2.75, 3.05) is 11.9 Å². The van der Waals surface area contributed by atoms with E-state index in [1.54, 1.807) is 39.0 Å². The van der Waals surface area contributed by atoms with Crippen LogP contribution < -0.4 is 10.6 Å². The van der Waals surface area contributed by atoms with Gasteiger partial charge in [-0.15, -0.1) is 0 Å². The van der Waals surface area contributed by atoms with Gasteiger partial charge in [0.1, 0.15) is 23.4 Å². The first-order valence-electron chi connectivity index (χ1n) is 12.3. The normalized spacial score (nSPS) is 13.0. The number of phenolic OH excluding ortho intramolecular Hbond substituents is 1. The third kappa shape index (κ3) is 8.00. The second kappa shape index (κ2) is 12.4. The molecule has 8 nitrogen and oxygen atoms in total. The molecule has 0 saturated heterocycles. The van der Waals surface area contributed by atoms with Gasteiger partial charge in [-0.3, -0.25) is 9.59 Å². The number of carbonyl (C=O) groups is 3. The maximum absolute atomic E-state index is 13.9. The van der Waals surface area contributed by atoms with E-state index >= 15 is 0 Å². The Morgan fingerprint density at radius 3 is 2.28 bits per heavy atom. The standard InChI is InChI=1S/C28H39N3O5/c1-8-16-31(26(34)23(18(2)3)30-27(35)36-28(5,6)7)24(20-13-11-14-21(32)17-20)25(33)29-22-15-10-9-12-19(22)4/h9-15,17-18,23-24,32H,8,16H2,1-7H3,(H,29,33)(H,30,35). The highest BCUT2D eigenvalue weighted by molar-refractivity contribution is 5.99. The van der Waals surface area contributed by atoms with Crippen LogP contribution in [0, 0.1) is 12.8 Å². The predicted molar refractivity (Wildman–Crippen MR) is 141 cm³/mol. The van der Waals surface area contributed by atoms with Crippen molar-refractivity contribution in [3.63, 3.8) is 0 Å². The minimum Gasteiger partial charge on any atom is -0.508 e. The van der Waals surface area contributed by atoms with Gasteiger partial charge in [0.15, 0.2) is 0 Å². The van der Waals surface area contributed by atoms with Crippen LogP contribution in [0.15, 0.2) is 48.5 Å². The minimum atomic E-state index is -1.04. The summed E-state index contributed by atoms with van der Waals surface area (Å²) in [6.45, 7) is 12.9. The molecular formula is C28H39N3O5. The summed E-state index contributed by atoms with van der Waals surface area (Å²) in [4.78, 5) is 41.6. The van der Waals surface area contributed by atoms with Crippen LogP contribution in [0.4, 0.5) is 10.5 Å². The fourth-order valence-electron chi connectivity index (χ4n) is 3.82. The van der Waals surface area contributed by atoms with E-state index in [-0.39, 0.29) is 18.2 Å². The summed E-state index contributed by atoms with van der Waals surface area (Å²) in [5.74, 6) is -1.12. The van der Waals surface area contributed by atoms with Gasteiger partial charge < -0.3 is 25.4 Å². The van der Waals surface area contributed by atoms with Crippen LogP contribution in [0.1, 0.15) is 65.1 Å². The Morgan fingerprint density at radius 2 is 1.72 bits per heavy atom. The van der Waals surface area contributed by atoms with E-state index in [0.29, 0.717) is 17.7 Å². The van der Waals surface area contributed by atoms with Gasteiger partial charge in [-0.25, -0.2) is 4.79 Å². The van der Waals surface area contributed by atoms with Crippen molar-refractivity contribution < 1.29 is 24.2 Å². The van der Waals surface area contributed by atoms with Crippen LogP contribution in [0.25, 0.3) is 0 Å². The molecule has 3 N–H and O–H groups in total. The largest absolute Gasteiger partial charge is 0.508 e. The van der Waals surface area contributed by atoms with Crippen LogP contribution in [0.2, 0.25) is 0 Å². The predicted octanol–water partition coefficient (Wildman–Crippen LogP) is 5.17. The first-order valence-corrected chi connectivity index (χ1v) is 12.3. The van der Waals surface area contributed by atoms with Crippen molar-refractivity contribution in [3.8, 4) is 5.75 Å². The third-order valence-electron chi connectivity index (χ3n) is 5.50. The highest BCUT2D eigenvalue weighted by atomic mass is 16.6. The van der Waals surface area contributed by atoms with Gasteiger partial charge in [0.25, 0.3) is 5.91 Å². The molecule has 0 heterocycles. The van der Waals surface area contributed by atoms with Crippen molar-refractivity contribution in [1.29, 1.82) is 0 Å². The Labute approximate surface area is 214 Å². The molecule has 2 aromatic carbocycles. The zero-order valence-electron chi connectivity index (χ0n) is 22.3. The number of benzene rings is 2. The lowest BCUT2D eigenvalue weighted by Gasteiger charge is -2.35. The van der Waals surface area contributed by atoms with Gasteiger partial charge in [-0.1, -0.05) is 51.1 Å². The SMILES string of the molecule is CCCN(C(=O)C(NC(=O)OC(C)(C)C)C(C)C)C(C(=O)Nc1ccccc1C)c1cccc(O)c1. The molecule has 36 heavy (non-hydrogen) atoms. The van der Waals surface area contributed by atoms with E-state index in [4.69, 9.17) is 4.74 Å². The molecule has 8 heteroatoms. The number of rotatable bonds is 9. The molecule has 0 aliphatic rings. The molecule has 3 amide bonds. The Hall–Kier alpha value is -3.55. The van der Waals surface area contributed by atoms with Gasteiger partial charge in [0.05, 0.1) is 0 Å². The lowest BCUT2D eigenvalue weighted by Crippen LogP contribution is -2.54. The summed E-state index contributed by atoms with van der Waals surface area (Å²) in [7, 11) is 0. The second-order valence-electron chi connectivity index (χ2n) is 10.2. The lowest BCUT2D eigenvalue weighted by atomic mass is 9.98. The number of nitrogens with zero attached hydrogens (tertiary/aromatic N) is 1. The van der Waals surface area contributed by atoms with Crippen LogP contribution in [0.5, 0.6) is 5.75 Å². The third-order valence-corrected chi connectivity index (χ3v) is 5.50. The van der Waals surface area contributed by atoms with Crippen molar-refractivity contribution >= 4 is 23.6 Å². The highest BCUT2D eigenvalue weighted by Crippen LogP contribution is 2.28. The summed E-state index contributed by atoms with van der Waals surface area (Å²) >= 11 is 0. The van der Waals surface area contributed by atoms with E-state index in [9.17, 15) is 19.5 Å².